The molecular weight excluding hydrogens is 388 g/mol. The van der Waals surface area contributed by atoms with Crippen LogP contribution >= 0.6 is 31.9 Å². The van der Waals surface area contributed by atoms with E-state index in [1.54, 1.807) is 37.4 Å². The number of hydrogen-bond donors (Lipinski definition) is 2. The number of nitrogens with one attached hydrogen (secondary N) is 1. The Labute approximate surface area is 133 Å². The number of methoxy groups -OCH3 is 1. The smallest absolute Gasteiger partial charge is 0.256 e. The van der Waals surface area contributed by atoms with Crippen LogP contribution in [0.1, 0.15) is 10.4 Å². The first-order valence-electron chi connectivity index (χ1n) is 5.72. The summed E-state index contributed by atoms with van der Waals surface area (Å²) in [6, 6.07) is 10.5. The molecule has 20 heavy (non-hydrogen) atoms. The molecule has 0 aliphatic rings. The van der Waals surface area contributed by atoms with Crippen LogP contribution in [0.25, 0.3) is 0 Å². The number of nitrogens with two attached hydrogens (primary N) is 1. The molecule has 2 aromatic rings. The zero-order valence-electron chi connectivity index (χ0n) is 10.6. The third kappa shape index (κ3) is 3.13. The van der Waals surface area contributed by atoms with Crippen LogP contribution in [0.3, 0.4) is 0 Å². The molecule has 0 radical (unpaired) electrons. The lowest BCUT2D eigenvalue weighted by atomic mass is 10.2. The van der Waals surface area contributed by atoms with Crippen LogP contribution in [0.2, 0.25) is 0 Å². The number of hydrogen-bond acceptors (Lipinski definition) is 3. The van der Waals surface area contributed by atoms with Crippen molar-refractivity contribution in [3.8, 4) is 5.75 Å². The number of carbonyl (C=O) groups is 1. The molecule has 2 rings (SSSR count). The third-order valence-corrected chi connectivity index (χ3v) is 4.06. The Balaban J connectivity index is 2.32. The molecule has 0 atom stereocenters. The minimum atomic E-state index is -0.263. The van der Waals surface area contributed by atoms with E-state index >= 15 is 0 Å². The minimum absolute atomic E-state index is 0.263. The highest BCUT2D eigenvalue weighted by Crippen LogP contribution is 2.30. The van der Waals surface area contributed by atoms with Gasteiger partial charge in [-0.3, -0.25) is 4.79 Å². The predicted molar refractivity (Wildman–Crippen MR) is 87.2 cm³/mol. The van der Waals surface area contributed by atoms with E-state index in [2.05, 4.69) is 37.2 Å². The lowest BCUT2D eigenvalue weighted by Gasteiger charge is -2.12. The highest BCUT2D eigenvalue weighted by Gasteiger charge is 2.14. The van der Waals surface area contributed by atoms with Crippen molar-refractivity contribution in [3.63, 3.8) is 0 Å². The molecule has 0 aliphatic heterocycles. The Morgan fingerprint density at radius 2 is 2.00 bits per heavy atom. The van der Waals surface area contributed by atoms with E-state index < -0.39 is 0 Å². The number of rotatable bonds is 3. The van der Waals surface area contributed by atoms with Crippen LogP contribution in [0.4, 0.5) is 11.4 Å². The van der Waals surface area contributed by atoms with Gasteiger partial charge in [-0.15, -0.1) is 0 Å². The van der Waals surface area contributed by atoms with Crippen LogP contribution < -0.4 is 15.8 Å². The minimum Gasteiger partial charge on any atom is -0.495 e. The normalized spacial score (nSPS) is 10.2. The van der Waals surface area contributed by atoms with Crippen molar-refractivity contribution < 1.29 is 9.53 Å². The Hall–Kier alpha value is -1.53. The Morgan fingerprint density at radius 3 is 2.70 bits per heavy atom. The number of amides is 1. The van der Waals surface area contributed by atoms with Gasteiger partial charge in [0.15, 0.2) is 0 Å². The van der Waals surface area contributed by atoms with Crippen molar-refractivity contribution in [3.05, 3.63) is 50.9 Å². The average Bonchev–Trinajstić information content (AvgIpc) is 2.42. The molecule has 0 aliphatic carbocycles. The van der Waals surface area contributed by atoms with E-state index in [0.717, 1.165) is 4.47 Å². The fraction of sp³-hybridized carbons (Fsp3) is 0.0714. The van der Waals surface area contributed by atoms with Gasteiger partial charge in [-0.1, -0.05) is 22.0 Å². The summed E-state index contributed by atoms with van der Waals surface area (Å²) in [5.41, 5.74) is 7.34. The van der Waals surface area contributed by atoms with Crippen molar-refractivity contribution in [2.24, 2.45) is 0 Å². The molecule has 1 amide bonds. The van der Waals surface area contributed by atoms with Crippen molar-refractivity contribution in [2.75, 3.05) is 18.2 Å². The Kier molecular flexibility index (Phi) is 4.67. The van der Waals surface area contributed by atoms with Gasteiger partial charge in [0.25, 0.3) is 5.91 Å². The lowest BCUT2D eigenvalue weighted by molar-refractivity contribution is 0.102. The highest BCUT2D eigenvalue weighted by atomic mass is 79.9. The molecule has 0 heterocycles. The summed E-state index contributed by atoms with van der Waals surface area (Å²) < 4.78 is 6.64. The Bertz CT molecular complexity index is 660. The summed E-state index contributed by atoms with van der Waals surface area (Å²) in [5, 5.41) is 2.81. The topological polar surface area (TPSA) is 64.3 Å². The number of ether oxygens (including phenoxy) is 1. The maximum absolute atomic E-state index is 12.3. The molecule has 104 valence electrons. The monoisotopic (exact) mass is 398 g/mol. The SMILES string of the molecule is COc1ccc(Br)cc1NC(=O)c1cccc(N)c1Br. The van der Waals surface area contributed by atoms with Crippen LogP contribution in [0, 0.1) is 0 Å². The van der Waals surface area contributed by atoms with E-state index in [4.69, 9.17) is 10.5 Å². The molecule has 0 saturated carbocycles. The first-order valence-corrected chi connectivity index (χ1v) is 7.30. The Morgan fingerprint density at radius 1 is 1.25 bits per heavy atom. The van der Waals surface area contributed by atoms with Gasteiger partial charge >= 0.3 is 0 Å². The second-order valence-electron chi connectivity index (χ2n) is 4.01. The van der Waals surface area contributed by atoms with Crippen LogP contribution in [-0.2, 0) is 0 Å². The van der Waals surface area contributed by atoms with Gasteiger partial charge < -0.3 is 15.8 Å². The van der Waals surface area contributed by atoms with Crippen molar-refractivity contribution in [1.29, 1.82) is 0 Å². The molecule has 2 aromatic carbocycles. The van der Waals surface area contributed by atoms with E-state index in [1.807, 2.05) is 6.07 Å². The molecule has 0 bridgehead atoms. The van der Waals surface area contributed by atoms with E-state index in [1.165, 1.54) is 0 Å². The van der Waals surface area contributed by atoms with Gasteiger partial charge in [0.05, 0.1) is 22.8 Å². The number of benzene rings is 2. The van der Waals surface area contributed by atoms with E-state index in [0.29, 0.717) is 27.2 Å². The van der Waals surface area contributed by atoms with Crippen molar-refractivity contribution in [2.45, 2.75) is 0 Å². The molecule has 0 aromatic heterocycles. The summed E-state index contributed by atoms with van der Waals surface area (Å²) in [6.45, 7) is 0. The van der Waals surface area contributed by atoms with Crippen molar-refractivity contribution in [1.82, 2.24) is 0 Å². The second-order valence-corrected chi connectivity index (χ2v) is 5.72. The van der Waals surface area contributed by atoms with Gasteiger partial charge in [-0.25, -0.2) is 0 Å². The molecular formula is C14H12Br2N2O2. The maximum atomic E-state index is 12.3. The molecule has 6 heteroatoms. The zero-order chi connectivity index (χ0) is 14.7. The van der Waals surface area contributed by atoms with E-state index in [-0.39, 0.29) is 5.91 Å². The van der Waals surface area contributed by atoms with Crippen LogP contribution in [0.5, 0.6) is 5.75 Å². The standard InChI is InChI=1S/C14H12Br2N2O2/c1-20-12-6-5-8(15)7-11(12)18-14(19)9-3-2-4-10(17)13(9)16/h2-7H,17H2,1H3,(H,18,19). The largest absolute Gasteiger partial charge is 0.495 e. The van der Waals surface area contributed by atoms with Gasteiger partial charge in [0, 0.05) is 10.2 Å². The lowest BCUT2D eigenvalue weighted by Crippen LogP contribution is -2.14. The van der Waals surface area contributed by atoms with Crippen molar-refractivity contribution >= 4 is 49.1 Å². The highest BCUT2D eigenvalue weighted by molar-refractivity contribution is 9.11. The molecule has 0 spiro atoms. The predicted octanol–water partition coefficient (Wildman–Crippen LogP) is 4.05. The second kappa shape index (κ2) is 6.28. The maximum Gasteiger partial charge on any atom is 0.256 e. The summed E-state index contributed by atoms with van der Waals surface area (Å²) in [4.78, 5) is 12.3. The fourth-order valence-corrected chi connectivity index (χ4v) is 2.50. The third-order valence-electron chi connectivity index (χ3n) is 2.68. The quantitative estimate of drug-likeness (QED) is 0.765. The van der Waals surface area contributed by atoms with Gasteiger partial charge in [-0.05, 0) is 46.3 Å². The summed E-state index contributed by atoms with van der Waals surface area (Å²) in [5.74, 6) is 0.321. The number of carbonyl (C=O) groups excluding carboxylic acids is 1. The van der Waals surface area contributed by atoms with Gasteiger partial charge in [0.1, 0.15) is 5.75 Å². The number of halogens is 2. The molecule has 0 unspecified atom stereocenters. The molecule has 3 N–H and O–H groups in total. The summed E-state index contributed by atoms with van der Waals surface area (Å²) in [7, 11) is 1.55. The molecule has 0 saturated heterocycles. The number of anilines is 2. The van der Waals surface area contributed by atoms with Gasteiger partial charge in [0.2, 0.25) is 0 Å². The van der Waals surface area contributed by atoms with Crippen LogP contribution in [0.15, 0.2) is 45.3 Å². The first kappa shape index (κ1) is 14.9. The molecule has 0 fully saturated rings. The van der Waals surface area contributed by atoms with E-state index in [9.17, 15) is 4.79 Å². The fourth-order valence-electron chi connectivity index (χ4n) is 1.69. The number of nitrogen functional groups attached to an aromatic ring is 1. The zero-order valence-corrected chi connectivity index (χ0v) is 13.8. The van der Waals surface area contributed by atoms with Crippen LogP contribution in [-0.4, -0.2) is 13.0 Å². The summed E-state index contributed by atoms with van der Waals surface area (Å²) in [6.07, 6.45) is 0. The van der Waals surface area contributed by atoms with Gasteiger partial charge in [-0.2, -0.15) is 0 Å². The first-order chi connectivity index (χ1) is 9.52. The average molecular weight is 400 g/mol. The summed E-state index contributed by atoms with van der Waals surface area (Å²) >= 11 is 6.68. The molecule has 4 nitrogen and oxygen atoms in total.